The van der Waals surface area contributed by atoms with Crippen molar-refractivity contribution < 1.29 is 5.11 Å². The van der Waals surface area contributed by atoms with Gasteiger partial charge in [-0.1, -0.05) is 70.2 Å². The van der Waals surface area contributed by atoms with Gasteiger partial charge in [-0.05, 0) is 42.5 Å². The van der Waals surface area contributed by atoms with E-state index in [-0.39, 0.29) is 0 Å². The van der Waals surface area contributed by atoms with Crippen LogP contribution < -0.4 is 0 Å². The standard InChI is InChI=1S/C15H16O.2C2H6/c16-15-11-9-14(10-12-15)8-4-7-13-5-2-1-3-6-13;2*1-2/h1-3,5-6,9-12,16H,4,7-8H2;2*1-2H3. The third-order valence-corrected chi connectivity index (χ3v) is 2.71. The number of benzene rings is 2. The molecule has 0 saturated carbocycles. The summed E-state index contributed by atoms with van der Waals surface area (Å²) in [6.45, 7) is 8.00. The fourth-order valence-electron chi connectivity index (χ4n) is 1.80. The van der Waals surface area contributed by atoms with E-state index in [1.54, 1.807) is 12.1 Å². The largest absolute Gasteiger partial charge is 0.508 e. The van der Waals surface area contributed by atoms with Gasteiger partial charge in [0.05, 0.1) is 0 Å². The van der Waals surface area contributed by atoms with Crippen LogP contribution in [0, 0.1) is 0 Å². The van der Waals surface area contributed by atoms with Gasteiger partial charge in [0.15, 0.2) is 0 Å². The average Bonchev–Trinajstić information content (AvgIpc) is 2.54. The van der Waals surface area contributed by atoms with Gasteiger partial charge < -0.3 is 5.11 Å². The van der Waals surface area contributed by atoms with Gasteiger partial charge in [-0.3, -0.25) is 0 Å². The molecule has 2 aromatic rings. The van der Waals surface area contributed by atoms with Crippen LogP contribution in [0.15, 0.2) is 54.6 Å². The molecule has 0 radical (unpaired) electrons. The Balaban J connectivity index is 0.000000829. The first kappa shape index (κ1) is 18.2. The Bertz CT molecular complexity index is 417. The van der Waals surface area contributed by atoms with E-state index >= 15 is 0 Å². The van der Waals surface area contributed by atoms with E-state index in [4.69, 9.17) is 5.11 Å². The molecule has 1 heteroatoms. The number of phenolic OH excluding ortho intramolecular Hbond substituents is 1. The Labute approximate surface area is 124 Å². The average molecular weight is 272 g/mol. The highest BCUT2D eigenvalue weighted by molar-refractivity contribution is 5.26. The summed E-state index contributed by atoms with van der Waals surface area (Å²) in [6, 6.07) is 18.0. The lowest BCUT2D eigenvalue weighted by Crippen LogP contribution is -1.89. The minimum absolute atomic E-state index is 0.340. The molecule has 1 N–H and O–H groups in total. The third kappa shape index (κ3) is 7.63. The topological polar surface area (TPSA) is 20.2 Å². The number of hydrogen-bond acceptors (Lipinski definition) is 1. The van der Waals surface area contributed by atoms with E-state index in [1.807, 2.05) is 45.9 Å². The highest BCUT2D eigenvalue weighted by Crippen LogP contribution is 2.12. The highest BCUT2D eigenvalue weighted by atomic mass is 16.3. The number of hydrogen-bond donors (Lipinski definition) is 1. The molecular weight excluding hydrogens is 244 g/mol. The first-order valence-electron chi connectivity index (χ1n) is 7.66. The molecule has 0 aromatic heterocycles. The molecular formula is C19H28O. The molecule has 0 unspecified atom stereocenters. The minimum atomic E-state index is 0.340. The van der Waals surface area contributed by atoms with Crippen molar-refractivity contribution in [2.75, 3.05) is 0 Å². The van der Waals surface area contributed by atoms with E-state index < -0.39 is 0 Å². The van der Waals surface area contributed by atoms with Crippen molar-refractivity contribution in [3.05, 3.63) is 65.7 Å². The Morgan fingerprint density at radius 1 is 0.650 bits per heavy atom. The first-order valence-corrected chi connectivity index (χ1v) is 7.66. The van der Waals surface area contributed by atoms with Gasteiger partial charge >= 0.3 is 0 Å². The Morgan fingerprint density at radius 3 is 1.60 bits per heavy atom. The predicted molar refractivity (Wildman–Crippen MR) is 89.3 cm³/mol. The Kier molecular flexibility index (Phi) is 11.2. The fourth-order valence-corrected chi connectivity index (χ4v) is 1.80. The normalized spacial score (nSPS) is 8.80. The zero-order chi connectivity index (χ0) is 15.2. The van der Waals surface area contributed by atoms with Crippen molar-refractivity contribution in [3.8, 4) is 5.75 Å². The molecule has 0 aliphatic heterocycles. The summed E-state index contributed by atoms with van der Waals surface area (Å²) in [4.78, 5) is 0. The van der Waals surface area contributed by atoms with Crippen LogP contribution in [0.4, 0.5) is 0 Å². The maximum atomic E-state index is 9.16. The van der Waals surface area contributed by atoms with Gasteiger partial charge in [-0.25, -0.2) is 0 Å². The van der Waals surface area contributed by atoms with Gasteiger partial charge in [0.1, 0.15) is 5.75 Å². The smallest absolute Gasteiger partial charge is 0.115 e. The van der Waals surface area contributed by atoms with Gasteiger partial charge in [0.25, 0.3) is 0 Å². The van der Waals surface area contributed by atoms with Crippen molar-refractivity contribution in [1.29, 1.82) is 0 Å². The predicted octanol–water partition coefficient (Wildman–Crippen LogP) is 5.62. The van der Waals surface area contributed by atoms with Gasteiger partial charge in [0.2, 0.25) is 0 Å². The molecule has 20 heavy (non-hydrogen) atoms. The molecule has 0 heterocycles. The van der Waals surface area contributed by atoms with Crippen molar-refractivity contribution in [2.45, 2.75) is 47.0 Å². The molecule has 110 valence electrons. The van der Waals surface area contributed by atoms with E-state index in [2.05, 4.69) is 24.3 Å². The second-order valence-electron chi connectivity index (χ2n) is 4.01. The summed E-state index contributed by atoms with van der Waals surface area (Å²) in [5.41, 5.74) is 2.68. The molecule has 0 fully saturated rings. The lowest BCUT2D eigenvalue weighted by molar-refractivity contribution is 0.475. The molecule has 2 rings (SSSR count). The van der Waals surface area contributed by atoms with E-state index in [0.29, 0.717) is 5.75 Å². The van der Waals surface area contributed by atoms with Crippen LogP contribution in [-0.4, -0.2) is 5.11 Å². The zero-order valence-electron chi connectivity index (χ0n) is 13.3. The fraction of sp³-hybridized carbons (Fsp3) is 0.368. The van der Waals surface area contributed by atoms with Gasteiger partial charge in [0, 0.05) is 0 Å². The van der Waals surface area contributed by atoms with E-state index in [1.165, 1.54) is 11.1 Å². The van der Waals surface area contributed by atoms with Crippen LogP contribution in [0.25, 0.3) is 0 Å². The number of rotatable bonds is 4. The monoisotopic (exact) mass is 272 g/mol. The van der Waals surface area contributed by atoms with Crippen molar-refractivity contribution in [1.82, 2.24) is 0 Å². The van der Waals surface area contributed by atoms with Gasteiger partial charge in [-0.15, -0.1) is 0 Å². The molecule has 1 nitrogen and oxygen atoms in total. The number of phenols is 1. The van der Waals surface area contributed by atoms with Crippen molar-refractivity contribution in [2.24, 2.45) is 0 Å². The van der Waals surface area contributed by atoms with Crippen molar-refractivity contribution >= 4 is 0 Å². The summed E-state index contributed by atoms with van der Waals surface area (Å²) in [5, 5.41) is 9.16. The Hall–Kier alpha value is -1.76. The zero-order valence-corrected chi connectivity index (χ0v) is 13.3. The van der Waals surface area contributed by atoms with Gasteiger partial charge in [-0.2, -0.15) is 0 Å². The first-order chi connectivity index (χ1) is 9.84. The molecule has 0 aliphatic rings. The highest BCUT2D eigenvalue weighted by Gasteiger charge is 1.95. The lowest BCUT2D eigenvalue weighted by atomic mass is 10.0. The lowest BCUT2D eigenvalue weighted by Gasteiger charge is -2.02. The van der Waals surface area contributed by atoms with Crippen LogP contribution in [0.5, 0.6) is 5.75 Å². The van der Waals surface area contributed by atoms with E-state index in [0.717, 1.165) is 19.3 Å². The van der Waals surface area contributed by atoms with Crippen LogP contribution in [0.2, 0.25) is 0 Å². The van der Waals surface area contributed by atoms with Crippen LogP contribution in [0.3, 0.4) is 0 Å². The second kappa shape index (κ2) is 12.3. The second-order valence-corrected chi connectivity index (χ2v) is 4.01. The summed E-state index contributed by atoms with van der Waals surface area (Å²) in [5.74, 6) is 0.340. The van der Waals surface area contributed by atoms with Crippen LogP contribution in [0.1, 0.15) is 45.2 Å². The molecule has 0 bridgehead atoms. The number of aromatic hydroxyl groups is 1. The third-order valence-electron chi connectivity index (χ3n) is 2.71. The summed E-state index contributed by atoms with van der Waals surface area (Å²) in [7, 11) is 0. The maximum Gasteiger partial charge on any atom is 0.115 e. The summed E-state index contributed by atoms with van der Waals surface area (Å²) in [6.07, 6.45) is 3.33. The summed E-state index contributed by atoms with van der Waals surface area (Å²) < 4.78 is 0. The molecule has 0 atom stereocenters. The maximum absolute atomic E-state index is 9.16. The Morgan fingerprint density at radius 2 is 1.10 bits per heavy atom. The molecule has 0 spiro atoms. The number of aryl methyl sites for hydroxylation is 2. The molecule has 0 aliphatic carbocycles. The SMILES string of the molecule is CC.CC.Oc1ccc(CCCc2ccccc2)cc1. The van der Waals surface area contributed by atoms with Crippen molar-refractivity contribution in [3.63, 3.8) is 0 Å². The van der Waals surface area contributed by atoms with E-state index in [9.17, 15) is 0 Å². The molecule has 0 amide bonds. The minimum Gasteiger partial charge on any atom is -0.508 e. The van der Waals surface area contributed by atoms with Crippen LogP contribution >= 0.6 is 0 Å². The quantitative estimate of drug-likeness (QED) is 0.766. The molecule has 0 saturated heterocycles. The summed E-state index contributed by atoms with van der Waals surface area (Å²) >= 11 is 0. The molecule has 2 aromatic carbocycles. The van der Waals surface area contributed by atoms with Crippen LogP contribution in [-0.2, 0) is 12.8 Å².